The van der Waals surface area contributed by atoms with Crippen molar-refractivity contribution in [3.05, 3.63) is 29.8 Å². The minimum absolute atomic E-state index is 0.0645. The Morgan fingerprint density at radius 1 is 1.41 bits per heavy atom. The lowest BCUT2D eigenvalue weighted by Crippen LogP contribution is -2.50. The van der Waals surface area contributed by atoms with Crippen LogP contribution in [0.15, 0.2) is 29.2 Å². The molecule has 0 unspecified atom stereocenters. The summed E-state index contributed by atoms with van der Waals surface area (Å²) in [5.41, 5.74) is 0.681. The Morgan fingerprint density at radius 3 is 3.05 bits per heavy atom. The van der Waals surface area contributed by atoms with Crippen LogP contribution in [0.5, 0.6) is 0 Å². The van der Waals surface area contributed by atoms with Gasteiger partial charge in [-0.3, -0.25) is 9.59 Å². The quantitative estimate of drug-likeness (QED) is 0.855. The lowest BCUT2D eigenvalue weighted by Gasteiger charge is -2.27. The summed E-state index contributed by atoms with van der Waals surface area (Å²) >= 11 is 1.66. The summed E-state index contributed by atoms with van der Waals surface area (Å²) in [5, 5.41) is 2.74. The molecule has 0 bridgehead atoms. The number of benzene rings is 1. The minimum Gasteiger partial charge on any atom is -0.377 e. The van der Waals surface area contributed by atoms with Gasteiger partial charge in [0.25, 0.3) is 5.91 Å². The van der Waals surface area contributed by atoms with E-state index >= 15 is 0 Å². The predicted octanol–water partition coefficient (Wildman–Crippen LogP) is 1.53. The lowest BCUT2D eigenvalue weighted by atomic mass is 10.2. The topological polar surface area (TPSA) is 58.6 Å². The minimum atomic E-state index is -0.0934. The zero-order chi connectivity index (χ0) is 15.4. The van der Waals surface area contributed by atoms with Crippen LogP contribution in [0.2, 0.25) is 0 Å². The number of piperazine rings is 1. The maximum absolute atomic E-state index is 12.7. The molecule has 2 saturated heterocycles. The van der Waals surface area contributed by atoms with Crippen LogP contribution in [0.25, 0.3) is 0 Å². The normalized spacial score (nSPS) is 21.7. The molecule has 0 radical (unpaired) electrons. The third-order valence-electron chi connectivity index (χ3n) is 3.89. The summed E-state index contributed by atoms with van der Waals surface area (Å²) in [6.45, 7) is 2.07. The van der Waals surface area contributed by atoms with Crippen LogP contribution in [0.4, 0.5) is 0 Å². The molecule has 0 aliphatic carbocycles. The van der Waals surface area contributed by atoms with Crippen molar-refractivity contribution < 1.29 is 14.3 Å². The van der Waals surface area contributed by atoms with Crippen molar-refractivity contribution >= 4 is 23.6 Å². The number of rotatable bonds is 4. The molecule has 2 aliphatic rings. The number of carbonyl (C=O) groups is 2. The zero-order valence-corrected chi connectivity index (χ0v) is 13.2. The molecule has 2 fully saturated rings. The first-order valence-corrected chi connectivity index (χ1v) is 8.62. The molecule has 1 aromatic rings. The summed E-state index contributed by atoms with van der Waals surface area (Å²) in [5.74, 6) is 0.708. The number of ether oxygens (including phenoxy) is 1. The van der Waals surface area contributed by atoms with E-state index < -0.39 is 0 Å². The van der Waals surface area contributed by atoms with Gasteiger partial charge in [0.15, 0.2) is 0 Å². The molecule has 3 rings (SSSR count). The molecule has 0 aromatic heterocycles. The van der Waals surface area contributed by atoms with Crippen molar-refractivity contribution in [3.8, 4) is 0 Å². The van der Waals surface area contributed by atoms with E-state index in [4.69, 9.17) is 4.74 Å². The largest absolute Gasteiger partial charge is 0.377 e. The van der Waals surface area contributed by atoms with E-state index in [-0.39, 0.29) is 24.5 Å². The Labute approximate surface area is 134 Å². The average Bonchev–Trinajstić information content (AvgIpc) is 3.06. The summed E-state index contributed by atoms with van der Waals surface area (Å²) in [6, 6.07) is 7.62. The third kappa shape index (κ3) is 3.62. The zero-order valence-electron chi connectivity index (χ0n) is 12.4. The van der Waals surface area contributed by atoms with Gasteiger partial charge >= 0.3 is 0 Å². The van der Waals surface area contributed by atoms with Crippen LogP contribution < -0.4 is 5.32 Å². The maximum Gasteiger partial charge on any atom is 0.255 e. The Bertz CT molecular complexity index is 558. The molecule has 22 heavy (non-hydrogen) atoms. The van der Waals surface area contributed by atoms with Crippen LogP contribution in [-0.2, 0) is 9.53 Å². The average molecular weight is 320 g/mol. The molecule has 1 atom stereocenters. The molecular formula is C16H20N2O3S. The van der Waals surface area contributed by atoms with Gasteiger partial charge in [0.2, 0.25) is 5.91 Å². The van der Waals surface area contributed by atoms with E-state index in [0.717, 1.165) is 30.1 Å². The number of nitrogens with zero attached hydrogens (tertiary/aromatic N) is 1. The fourth-order valence-corrected chi connectivity index (χ4v) is 3.82. The van der Waals surface area contributed by atoms with Gasteiger partial charge in [-0.05, 0) is 25.0 Å². The van der Waals surface area contributed by atoms with Crippen LogP contribution >= 0.6 is 11.8 Å². The smallest absolute Gasteiger partial charge is 0.255 e. The highest BCUT2D eigenvalue weighted by Crippen LogP contribution is 2.27. The number of hydrogen-bond acceptors (Lipinski definition) is 4. The predicted molar refractivity (Wildman–Crippen MR) is 85.1 cm³/mol. The standard InChI is InChI=1S/C16H20N2O3S/c19-15-10-18(8-7-17-15)16(20)13-5-1-2-6-14(13)22-11-12-4-3-9-21-12/h1-2,5-6,12H,3-4,7-11H2,(H,17,19)/t12-/m1/s1. The maximum atomic E-state index is 12.7. The third-order valence-corrected chi connectivity index (χ3v) is 5.10. The highest BCUT2D eigenvalue weighted by molar-refractivity contribution is 7.99. The van der Waals surface area contributed by atoms with Crippen LogP contribution in [0, 0.1) is 0 Å². The van der Waals surface area contributed by atoms with E-state index in [0.29, 0.717) is 18.7 Å². The molecule has 0 saturated carbocycles. The van der Waals surface area contributed by atoms with Crippen LogP contribution in [0.3, 0.4) is 0 Å². The molecule has 2 aliphatic heterocycles. The number of carbonyl (C=O) groups excluding carboxylic acids is 2. The number of nitrogens with one attached hydrogen (secondary N) is 1. The highest BCUT2D eigenvalue weighted by atomic mass is 32.2. The summed E-state index contributed by atoms with van der Waals surface area (Å²) in [6.07, 6.45) is 2.50. The van der Waals surface area contributed by atoms with Crippen LogP contribution in [0.1, 0.15) is 23.2 Å². The first-order chi connectivity index (χ1) is 10.7. The van der Waals surface area contributed by atoms with Gasteiger partial charge < -0.3 is 15.0 Å². The van der Waals surface area contributed by atoms with E-state index in [1.165, 1.54) is 0 Å². The Hall–Kier alpha value is -1.53. The van der Waals surface area contributed by atoms with Crippen molar-refractivity contribution in [1.29, 1.82) is 0 Å². The Balaban J connectivity index is 1.69. The van der Waals surface area contributed by atoms with Crippen molar-refractivity contribution in [1.82, 2.24) is 10.2 Å². The first kappa shape index (κ1) is 15.4. The van der Waals surface area contributed by atoms with Crippen LogP contribution in [-0.4, -0.2) is 54.8 Å². The fraction of sp³-hybridized carbons (Fsp3) is 0.500. The van der Waals surface area contributed by atoms with Gasteiger partial charge in [-0.2, -0.15) is 0 Å². The molecule has 2 heterocycles. The molecule has 6 heteroatoms. The number of thioether (sulfide) groups is 1. The van der Waals surface area contributed by atoms with Gasteiger partial charge in [-0.25, -0.2) is 0 Å². The Kier molecular flexibility index (Phi) is 5.00. The highest BCUT2D eigenvalue weighted by Gasteiger charge is 2.24. The van der Waals surface area contributed by atoms with Gasteiger partial charge in [-0.1, -0.05) is 12.1 Å². The second kappa shape index (κ2) is 7.15. The van der Waals surface area contributed by atoms with Gasteiger partial charge in [0.05, 0.1) is 18.2 Å². The van der Waals surface area contributed by atoms with Gasteiger partial charge in [0.1, 0.15) is 0 Å². The lowest BCUT2D eigenvalue weighted by molar-refractivity contribution is -0.123. The van der Waals surface area contributed by atoms with Crippen molar-refractivity contribution in [3.63, 3.8) is 0 Å². The number of amides is 2. The van der Waals surface area contributed by atoms with Gasteiger partial charge in [0, 0.05) is 30.3 Å². The van der Waals surface area contributed by atoms with E-state index in [9.17, 15) is 9.59 Å². The second-order valence-corrected chi connectivity index (χ2v) is 6.58. The van der Waals surface area contributed by atoms with E-state index in [1.807, 2.05) is 24.3 Å². The molecule has 1 aromatic carbocycles. The summed E-state index contributed by atoms with van der Waals surface area (Å²) in [7, 11) is 0. The van der Waals surface area contributed by atoms with Crippen molar-refractivity contribution in [2.24, 2.45) is 0 Å². The molecular weight excluding hydrogens is 300 g/mol. The fourth-order valence-electron chi connectivity index (χ4n) is 2.71. The summed E-state index contributed by atoms with van der Waals surface area (Å²) < 4.78 is 5.64. The summed E-state index contributed by atoms with van der Waals surface area (Å²) in [4.78, 5) is 26.7. The SMILES string of the molecule is O=C1CN(C(=O)c2ccccc2SC[C@H]2CCCO2)CCN1. The van der Waals surface area contributed by atoms with Gasteiger partial charge in [-0.15, -0.1) is 11.8 Å². The second-order valence-electron chi connectivity index (χ2n) is 5.52. The first-order valence-electron chi connectivity index (χ1n) is 7.63. The van der Waals surface area contributed by atoms with Crippen molar-refractivity contribution in [2.45, 2.75) is 23.8 Å². The molecule has 2 amide bonds. The van der Waals surface area contributed by atoms with E-state index in [2.05, 4.69) is 5.32 Å². The number of hydrogen-bond donors (Lipinski definition) is 1. The molecule has 118 valence electrons. The van der Waals surface area contributed by atoms with Crippen molar-refractivity contribution in [2.75, 3.05) is 32.0 Å². The molecule has 5 nitrogen and oxygen atoms in total. The monoisotopic (exact) mass is 320 g/mol. The molecule has 1 N–H and O–H groups in total. The van der Waals surface area contributed by atoms with E-state index in [1.54, 1.807) is 16.7 Å². The Morgan fingerprint density at radius 2 is 2.27 bits per heavy atom. The molecule has 0 spiro atoms.